The molecule has 13 heteroatoms. The van der Waals surface area contributed by atoms with E-state index in [0.29, 0.717) is 32.0 Å². The van der Waals surface area contributed by atoms with E-state index in [2.05, 4.69) is 20.9 Å². The summed E-state index contributed by atoms with van der Waals surface area (Å²) in [6.45, 7) is 6.76. The molecule has 0 fully saturated rings. The smallest absolute Gasteiger partial charge is 0.408 e. The fourth-order valence-electron chi connectivity index (χ4n) is 2.60. The Balaban J connectivity index is 5.00. The summed E-state index contributed by atoms with van der Waals surface area (Å²) in [5, 5.41) is 14.7. The zero-order valence-electron chi connectivity index (χ0n) is 19.8. The van der Waals surface area contributed by atoms with Crippen molar-refractivity contribution < 1.29 is 23.9 Å². The van der Waals surface area contributed by atoms with Crippen LogP contribution in [0.15, 0.2) is 4.99 Å². The number of guanidine groups is 1. The van der Waals surface area contributed by atoms with Gasteiger partial charge in [0.25, 0.3) is 0 Å². The van der Waals surface area contributed by atoms with Crippen LogP contribution in [0.2, 0.25) is 0 Å². The largest absolute Gasteiger partial charge is 0.444 e. The Hall–Kier alpha value is -3.38. The van der Waals surface area contributed by atoms with E-state index in [0.717, 1.165) is 0 Å². The molecular weight excluding hydrogens is 432 g/mol. The van der Waals surface area contributed by atoms with Crippen molar-refractivity contribution in [2.75, 3.05) is 6.54 Å². The van der Waals surface area contributed by atoms with Crippen LogP contribution in [-0.2, 0) is 19.1 Å². The number of amidine groups is 1. The topological polar surface area (TPSA) is 228 Å². The van der Waals surface area contributed by atoms with Crippen molar-refractivity contribution in [3.63, 3.8) is 0 Å². The maximum atomic E-state index is 12.7. The number of nitrogens with zero attached hydrogens (tertiary/aromatic N) is 1. The minimum Gasteiger partial charge on any atom is -0.444 e. The molecule has 0 aliphatic rings. The lowest BCUT2D eigenvalue weighted by molar-refractivity contribution is -0.130. The molecule has 0 saturated heterocycles. The van der Waals surface area contributed by atoms with Crippen LogP contribution in [0, 0.1) is 5.41 Å². The minimum absolute atomic E-state index is 0.00465. The van der Waals surface area contributed by atoms with Gasteiger partial charge < -0.3 is 42.7 Å². The molecule has 0 heterocycles. The van der Waals surface area contributed by atoms with Crippen molar-refractivity contribution >= 4 is 36.0 Å². The van der Waals surface area contributed by atoms with Gasteiger partial charge in [-0.25, -0.2) is 4.79 Å². The predicted molar refractivity (Wildman–Crippen MR) is 124 cm³/mol. The van der Waals surface area contributed by atoms with E-state index in [1.807, 2.05) is 0 Å². The Bertz CT molecular complexity index is 716. The molecule has 3 amide bonds. The predicted octanol–water partition coefficient (Wildman–Crippen LogP) is -0.772. The van der Waals surface area contributed by atoms with Crippen molar-refractivity contribution in [1.29, 1.82) is 5.41 Å². The zero-order chi connectivity index (χ0) is 25.6. The normalized spacial score (nSPS) is 13.6. The summed E-state index contributed by atoms with van der Waals surface area (Å²) in [7, 11) is 0. The van der Waals surface area contributed by atoms with Crippen molar-refractivity contribution in [3.8, 4) is 0 Å². The van der Waals surface area contributed by atoms with Gasteiger partial charge in [0.15, 0.2) is 5.96 Å². The van der Waals surface area contributed by atoms with Crippen molar-refractivity contribution in [1.82, 2.24) is 16.0 Å². The van der Waals surface area contributed by atoms with Crippen molar-refractivity contribution in [2.45, 2.75) is 83.5 Å². The van der Waals surface area contributed by atoms with Gasteiger partial charge in [0.1, 0.15) is 24.0 Å². The number of carbonyl (C=O) groups excluding carboxylic acids is 4. The Morgan fingerprint density at radius 1 is 1.03 bits per heavy atom. The number of aldehydes is 1. The number of nitrogens with one attached hydrogen (secondary N) is 4. The summed E-state index contributed by atoms with van der Waals surface area (Å²) in [6.07, 6.45) is 1.45. The molecule has 13 nitrogen and oxygen atoms in total. The number of nitrogens with two attached hydrogens (primary N) is 3. The van der Waals surface area contributed by atoms with Gasteiger partial charge in [-0.2, -0.15) is 0 Å². The highest BCUT2D eigenvalue weighted by Gasteiger charge is 2.27. The number of amides is 3. The van der Waals surface area contributed by atoms with Crippen LogP contribution in [-0.4, -0.2) is 66.3 Å². The highest BCUT2D eigenvalue weighted by atomic mass is 16.6. The molecule has 0 aromatic carbocycles. The summed E-state index contributed by atoms with van der Waals surface area (Å²) < 4.78 is 5.20. The maximum Gasteiger partial charge on any atom is 0.408 e. The van der Waals surface area contributed by atoms with Crippen LogP contribution < -0.4 is 33.2 Å². The Morgan fingerprint density at radius 3 is 2.18 bits per heavy atom. The molecule has 0 rings (SSSR count). The lowest BCUT2D eigenvalue weighted by Crippen LogP contribution is -2.54. The number of hydrogen-bond donors (Lipinski definition) is 7. The van der Waals surface area contributed by atoms with Gasteiger partial charge in [-0.3, -0.25) is 20.0 Å². The van der Waals surface area contributed by atoms with Crippen LogP contribution in [0.25, 0.3) is 0 Å². The molecule has 0 aromatic rings. The SMILES string of the molecule is C[C@H](NC(=O)[C@@H](CCCN=C(N)N)NC(=O)OC(C)(C)C)C(=O)N[C@H](C=O)CCCC(=N)N. The Kier molecular flexibility index (Phi) is 13.1. The molecule has 0 aliphatic heterocycles. The lowest BCUT2D eigenvalue weighted by Gasteiger charge is -2.24. The summed E-state index contributed by atoms with van der Waals surface area (Å²) in [5.74, 6) is -1.27. The average molecular weight is 471 g/mol. The monoisotopic (exact) mass is 470 g/mol. The second-order valence-corrected chi connectivity index (χ2v) is 8.55. The zero-order valence-corrected chi connectivity index (χ0v) is 19.8. The number of hydrogen-bond acceptors (Lipinski definition) is 7. The van der Waals surface area contributed by atoms with Crippen LogP contribution in [0.4, 0.5) is 4.79 Å². The first-order valence-electron chi connectivity index (χ1n) is 10.7. The third kappa shape index (κ3) is 15.1. The number of carbonyl (C=O) groups is 4. The third-order valence-electron chi connectivity index (χ3n) is 4.16. The van der Waals surface area contributed by atoms with Crippen LogP contribution in [0.3, 0.4) is 0 Å². The average Bonchev–Trinajstić information content (AvgIpc) is 2.67. The van der Waals surface area contributed by atoms with Gasteiger partial charge in [-0.15, -0.1) is 0 Å². The lowest BCUT2D eigenvalue weighted by atomic mass is 10.1. The van der Waals surface area contributed by atoms with Gasteiger partial charge in [0, 0.05) is 13.0 Å². The van der Waals surface area contributed by atoms with Gasteiger partial charge in [-0.05, 0) is 53.4 Å². The first-order chi connectivity index (χ1) is 15.2. The van der Waals surface area contributed by atoms with Crippen LogP contribution in [0.1, 0.15) is 59.8 Å². The molecule has 0 aromatic heterocycles. The second kappa shape index (κ2) is 14.6. The van der Waals surface area contributed by atoms with Crippen molar-refractivity contribution in [2.24, 2.45) is 22.2 Å². The van der Waals surface area contributed by atoms with E-state index in [9.17, 15) is 19.2 Å². The molecule has 10 N–H and O–H groups in total. The first kappa shape index (κ1) is 29.6. The molecule has 33 heavy (non-hydrogen) atoms. The number of alkyl carbamates (subject to hydrolysis) is 1. The standard InChI is InChI=1S/C20H38N8O5/c1-12(16(30)27-13(11-29)7-5-9-15(21)22)26-17(31)14(8-6-10-25-18(23)24)28-19(32)33-20(2,3)4/h11-14H,5-10H2,1-4H3,(H3,21,22)(H,26,31)(H,27,30)(H,28,32)(H4,23,24,25)/t12-,13-,14+/m0/s1. The molecule has 0 spiro atoms. The molecule has 3 atom stereocenters. The molecule has 0 radical (unpaired) electrons. The molecule has 0 bridgehead atoms. The third-order valence-corrected chi connectivity index (χ3v) is 4.16. The summed E-state index contributed by atoms with van der Waals surface area (Å²) in [4.78, 5) is 52.3. The second-order valence-electron chi connectivity index (χ2n) is 8.55. The summed E-state index contributed by atoms with van der Waals surface area (Å²) >= 11 is 0. The summed E-state index contributed by atoms with van der Waals surface area (Å²) in [5.41, 5.74) is 15.1. The highest BCUT2D eigenvalue weighted by molar-refractivity contribution is 5.91. The quantitative estimate of drug-likeness (QED) is 0.0735. The number of ether oxygens (including phenoxy) is 1. The van der Waals surface area contributed by atoms with Crippen LogP contribution in [0.5, 0.6) is 0 Å². The molecule has 0 saturated carbocycles. The Morgan fingerprint density at radius 2 is 1.67 bits per heavy atom. The first-order valence-corrected chi connectivity index (χ1v) is 10.7. The highest BCUT2D eigenvalue weighted by Crippen LogP contribution is 2.08. The van der Waals surface area contributed by atoms with Gasteiger partial charge in [-0.1, -0.05) is 0 Å². The van der Waals surface area contributed by atoms with E-state index in [1.165, 1.54) is 6.92 Å². The van der Waals surface area contributed by atoms with E-state index in [1.54, 1.807) is 20.8 Å². The van der Waals surface area contributed by atoms with E-state index in [-0.39, 0.29) is 24.8 Å². The molecule has 0 aliphatic carbocycles. The van der Waals surface area contributed by atoms with Crippen molar-refractivity contribution in [3.05, 3.63) is 0 Å². The van der Waals surface area contributed by atoms with E-state index < -0.39 is 41.6 Å². The van der Waals surface area contributed by atoms with Gasteiger partial charge in [0.05, 0.1) is 11.9 Å². The number of rotatable bonds is 14. The maximum absolute atomic E-state index is 12.7. The van der Waals surface area contributed by atoms with Gasteiger partial charge >= 0.3 is 6.09 Å². The van der Waals surface area contributed by atoms with E-state index >= 15 is 0 Å². The fraction of sp³-hybridized carbons (Fsp3) is 0.700. The molecule has 188 valence electrons. The Labute approximate surface area is 194 Å². The molecule has 0 unspecified atom stereocenters. The number of aliphatic imine (C=N–C) groups is 1. The fourth-order valence-corrected chi connectivity index (χ4v) is 2.60. The minimum atomic E-state index is -0.998. The van der Waals surface area contributed by atoms with Gasteiger partial charge in [0.2, 0.25) is 11.8 Å². The molecular formula is C20H38N8O5. The van der Waals surface area contributed by atoms with Crippen LogP contribution >= 0.6 is 0 Å². The van der Waals surface area contributed by atoms with E-state index in [4.69, 9.17) is 27.3 Å². The summed E-state index contributed by atoms with van der Waals surface area (Å²) in [6, 6.07) is -2.75.